The van der Waals surface area contributed by atoms with Crippen molar-refractivity contribution >= 4 is 11.6 Å². The maximum Gasteiger partial charge on any atom is 0.246 e. The molecule has 6 nitrogen and oxygen atoms in total. The summed E-state index contributed by atoms with van der Waals surface area (Å²) in [6, 6.07) is 16.0. The second-order valence-corrected chi connectivity index (χ2v) is 9.28. The molecule has 1 unspecified atom stereocenters. The highest BCUT2D eigenvalue weighted by atomic mass is 16.2. The van der Waals surface area contributed by atoms with E-state index in [1.807, 2.05) is 38.1 Å². The predicted molar refractivity (Wildman–Crippen MR) is 126 cm³/mol. The van der Waals surface area contributed by atoms with Gasteiger partial charge in [0.2, 0.25) is 5.91 Å². The van der Waals surface area contributed by atoms with E-state index >= 15 is 0 Å². The molecule has 0 bridgehead atoms. The average Bonchev–Trinajstić information content (AvgIpc) is 3.54. The number of aromatic nitrogens is 3. The number of aryl methyl sites for hydroxylation is 2. The molecule has 1 aliphatic heterocycles. The Bertz CT molecular complexity index is 1080. The molecule has 2 aliphatic rings. The fourth-order valence-corrected chi connectivity index (χ4v) is 4.66. The molecule has 1 saturated heterocycles. The highest BCUT2D eigenvalue weighted by Crippen LogP contribution is 2.39. The Kier molecular flexibility index (Phi) is 5.79. The molecular formula is C26H31N5O. The van der Waals surface area contributed by atoms with Gasteiger partial charge in [0, 0.05) is 17.5 Å². The highest BCUT2D eigenvalue weighted by molar-refractivity contribution is 5.96. The fraction of sp³-hybridized carbons (Fsp3) is 0.423. The first-order chi connectivity index (χ1) is 15.6. The van der Waals surface area contributed by atoms with Gasteiger partial charge in [-0.3, -0.25) is 14.8 Å². The van der Waals surface area contributed by atoms with E-state index in [4.69, 9.17) is 4.98 Å². The Labute approximate surface area is 189 Å². The number of carbonyl (C=O) groups is 1. The minimum absolute atomic E-state index is 0.0269. The molecule has 5 rings (SSSR count). The number of H-pyrrole nitrogens is 1. The van der Waals surface area contributed by atoms with E-state index in [0.29, 0.717) is 11.8 Å². The predicted octanol–water partition coefficient (Wildman–Crippen LogP) is 4.86. The summed E-state index contributed by atoms with van der Waals surface area (Å²) in [5.41, 5.74) is 4.14. The topological polar surface area (TPSA) is 73.9 Å². The van der Waals surface area contributed by atoms with Crippen molar-refractivity contribution in [2.24, 2.45) is 0 Å². The molecule has 2 aromatic carbocycles. The van der Waals surface area contributed by atoms with Gasteiger partial charge in [-0.2, -0.15) is 5.10 Å². The third kappa shape index (κ3) is 4.46. The van der Waals surface area contributed by atoms with E-state index < -0.39 is 0 Å². The van der Waals surface area contributed by atoms with Gasteiger partial charge >= 0.3 is 0 Å². The first kappa shape index (κ1) is 20.9. The van der Waals surface area contributed by atoms with Gasteiger partial charge in [0.15, 0.2) is 5.82 Å². The lowest BCUT2D eigenvalue weighted by atomic mass is 9.93. The number of aromatic amines is 1. The molecular weight excluding hydrogens is 398 g/mol. The Balaban J connectivity index is 1.32. The molecule has 32 heavy (non-hydrogen) atoms. The van der Waals surface area contributed by atoms with Crippen molar-refractivity contribution in [2.45, 2.75) is 57.4 Å². The lowest BCUT2D eigenvalue weighted by Crippen LogP contribution is -2.42. The molecule has 2 heterocycles. The number of anilines is 1. The number of nitrogens with zero attached hydrogens (tertiary/aromatic N) is 3. The molecule has 166 valence electrons. The molecule has 1 atom stereocenters. The Morgan fingerprint density at radius 2 is 1.78 bits per heavy atom. The van der Waals surface area contributed by atoms with E-state index in [1.165, 1.54) is 12.8 Å². The first-order valence-electron chi connectivity index (χ1n) is 11.7. The second-order valence-electron chi connectivity index (χ2n) is 9.28. The Hall–Kier alpha value is -2.99. The summed E-state index contributed by atoms with van der Waals surface area (Å²) in [7, 11) is 0. The van der Waals surface area contributed by atoms with Crippen LogP contribution in [0.2, 0.25) is 0 Å². The van der Waals surface area contributed by atoms with Crippen LogP contribution in [0.5, 0.6) is 0 Å². The van der Waals surface area contributed by atoms with Crippen LogP contribution in [0.1, 0.15) is 71.9 Å². The Morgan fingerprint density at radius 1 is 1.03 bits per heavy atom. The summed E-state index contributed by atoms with van der Waals surface area (Å²) in [5.74, 6) is 2.97. The normalized spacial score (nSPS) is 18.4. The number of amides is 1. The third-order valence-corrected chi connectivity index (χ3v) is 6.76. The van der Waals surface area contributed by atoms with Crippen LogP contribution in [0.4, 0.5) is 5.69 Å². The first-order valence-corrected chi connectivity index (χ1v) is 11.7. The highest BCUT2D eigenvalue weighted by Gasteiger charge is 2.34. The number of hydrogen-bond acceptors (Lipinski definition) is 4. The number of benzene rings is 2. The zero-order valence-corrected chi connectivity index (χ0v) is 18.8. The van der Waals surface area contributed by atoms with Crippen molar-refractivity contribution in [3.63, 3.8) is 0 Å². The zero-order chi connectivity index (χ0) is 22.1. The molecule has 3 aromatic rings. The summed E-state index contributed by atoms with van der Waals surface area (Å²) < 4.78 is 0. The maximum atomic E-state index is 13.5. The van der Waals surface area contributed by atoms with E-state index in [9.17, 15) is 4.79 Å². The van der Waals surface area contributed by atoms with Gasteiger partial charge < -0.3 is 5.32 Å². The zero-order valence-electron chi connectivity index (χ0n) is 18.8. The monoisotopic (exact) mass is 429 g/mol. The molecule has 6 heteroatoms. The molecule has 1 aliphatic carbocycles. The van der Waals surface area contributed by atoms with Crippen molar-refractivity contribution in [1.29, 1.82) is 0 Å². The van der Waals surface area contributed by atoms with Crippen molar-refractivity contribution in [1.82, 2.24) is 20.1 Å². The van der Waals surface area contributed by atoms with E-state index in [1.54, 1.807) is 0 Å². The number of piperidine rings is 1. The number of hydrogen-bond donors (Lipinski definition) is 2. The van der Waals surface area contributed by atoms with E-state index in [-0.39, 0.29) is 11.9 Å². The van der Waals surface area contributed by atoms with Gasteiger partial charge in [0.25, 0.3) is 0 Å². The van der Waals surface area contributed by atoms with E-state index in [2.05, 4.69) is 44.7 Å². The quantitative estimate of drug-likeness (QED) is 0.587. The third-order valence-electron chi connectivity index (χ3n) is 6.76. The van der Waals surface area contributed by atoms with E-state index in [0.717, 1.165) is 60.0 Å². The van der Waals surface area contributed by atoms with Crippen LogP contribution in [0.15, 0.2) is 48.5 Å². The lowest BCUT2D eigenvalue weighted by Gasteiger charge is -2.36. The van der Waals surface area contributed by atoms with Gasteiger partial charge in [-0.25, -0.2) is 4.98 Å². The Morgan fingerprint density at radius 3 is 2.50 bits per heavy atom. The van der Waals surface area contributed by atoms with Gasteiger partial charge in [-0.15, -0.1) is 0 Å². The summed E-state index contributed by atoms with van der Waals surface area (Å²) >= 11 is 0. The standard InChI is InChI=1S/C26H31N5O/c1-17-8-9-18(2)22(16-17)27-26(32)23(19-6-4-3-5-7-19)31-14-12-21(13-15-31)25-28-24(29-30-25)20-10-11-20/h3-9,16,20-21,23H,10-15H2,1-2H3,(H,27,32)(H,28,29,30). The van der Waals surface area contributed by atoms with Crippen LogP contribution in [0.25, 0.3) is 0 Å². The number of rotatable bonds is 6. The average molecular weight is 430 g/mol. The SMILES string of the molecule is Cc1ccc(C)c(NC(=O)C(c2ccccc2)N2CCC(c3nc(C4CC4)n[nH]3)CC2)c1. The van der Waals surface area contributed by atoms with Crippen LogP contribution < -0.4 is 5.32 Å². The van der Waals surface area contributed by atoms with Crippen LogP contribution >= 0.6 is 0 Å². The van der Waals surface area contributed by atoms with Gasteiger partial charge in [0.05, 0.1) is 0 Å². The lowest BCUT2D eigenvalue weighted by molar-refractivity contribution is -0.122. The molecule has 1 saturated carbocycles. The molecule has 1 amide bonds. The van der Waals surface area contributed by atoms with Crippen LogP contribution in [0.3, 0.4) is 0 Å². The molecule has 2 fully saturated rings. The maximum absolute atomic E-state index is 13.5. The minimum atomic E-state index is -0.311. The van der Waals surface area contributed by atoms with Crippen LogP contribution in [0, 0.1) is 13.8 Å². The summed E-state index contributed by atoms with van der Waals surface area (Å²) in [6.07, 6.45) is 4.37. The van der Waals surface area contributed by atoms with Crippen molar-refractivity contribution in [2.75, 3.05) is 18.4 Å². The number of nitrogens with one attached hydrogen (secondary N) is 2. The smallest absolute Gasteiger partial charge is 0.246 e. The van der Waals surface area contributed by atoms with Gasteiger partial charge in [0.1, 0.15) is 11.9 Å². The summed E-state index contributed by atoms with van der Waals surface area (Å²) in [5, 5.41) is 10.8. The summed E-state index contributed by atoms with van der Waals surface area (Å²) in [4.78, 5) is 20.6. The van der Waals surface area contributed by atoms with Crippen molar-refractivity contribution in [3.8, 4) is 0 Å². The van der Waals surface area contributed by atoms with Crippen molar-refractivity contribution in [3.05, 3.63) is 76.9 Å². The second kappa shape index (κ2) is 8.87. The molecule has 0 spiro atoms. The van der Waals surface area contributed by atoms with Gasteiger partial charge in [-0.1, -0.05) is 42.5 Å². The molecule has 1 aromatic heterocycles. The van der Waals surface area contributed by atoms with Crippen LogP contribution in [-0.2, 0) is 4.79 Å². The number of likely N-dealkylation sites (tertiary alicyclic amines) is 1. The van der Waals surface area contributed by atoms with Crippen LogP contribution in [-0.4, -0.2) is 39.1 Å². The molecule has 0 radical (unpaired) electrons. The minimum Gasteiger partial charge on any atom is -0.324 e. The summed E-state index contributed by atoms with van der Waals surface area (Å²) in [6.45, 7) is 5.78. The van der Waals surface area contributed by atoms with Gasteiger partial charge in [-0.05, 0) is 75.4 Å². The van der Waals surface area contributed by atoms with Crippen molar-refractivity contribution < 1.29 is 4.79 Å². The largest absolute Gasteiger partial charge is 0.324 e. The molecule has 2 N–H and O–H groups in total. The fourth-order valence-electron chi connectivity index (χ4n) is 4.66. The number of carbonyl (C=O) groups excluding carboxylic acids is 1.